The van der Waals surface area contributed by atoms with Crippen molar-refractivity contribution in [3.05, 3.63) is 35.6 Å². The maximum Gasteiger partial charge on any atom is 0.208 e. The summed E-state index contributed by atoms with van der Waals surface area (Å²) in [4.78, 5) is 6.32. The monoisotopic (exact) mass is 250 g/mol. The fraction of sp³-hybridized carbons (Fsp3) is 0.462. The zero-order valence-electron chi connectivity index (χ0n) is 10.7. The van der Waals surface area contributed by atoms with Crippen LogP contribution < -0.4 is 11.3 Å². The van der Waals surface area contributed by atoms with E-state index < -0.39 is 0 Å². The van der Waals surface area contributed by atoms with Crippen LogP contribution in [0, 0.1) is 5.82 Å². The van der Waals surface area contributed by atoms with E-state index in [0.717, 1.165) is 12.8 Å². The highest BCUT2D eigenvalue weighted by molar-refractivity contribution is 5.80. The summed E-state index contributed by atoms with van der Waals surface area (Å²) in [5.74, 6) is 5.88. The Balaban J connectivity index is 2.16. The third-order valence-corrected chi connectivity index (χ3v) is 3.25. The number of rotatable bonds is 3. The number of guanidine groups is 1. The van der Waals surface area contributed by atoms with Gasteiger partial charge in [0, 0.05) is 12.6 Å². The molecule has 1 fully saturated rings. The number of nitrogens with one attached hydrogen (secondary N) is 1. The fourth-order valence-electron chi connectivity index (χ4n) is 1.81. The molecule has 0 saturated heterocycles. The lowest BCUT2D eigenvalue weighted by Gasteiger charge is -2.28. The summed E-state index contributed by atoms with van der Waals surface area (Å²) in [5.41, 5.74) is 3.23. The number of nitrogens with zero attached hydrogens (tertiary/aromatic N) is 2. The molecule has 1 aliphatic rings. The summed E-state index contributed by atoms with van der Waals surface area (Å²) < 4.78 is 13.7. The van der Waals surface area contributed by atoms with E-state index in [0.29, 0.717) is 17.6 Å². The topological polar surface area (TPSA) is 53.6 Å². The van der Waals surface area contributed by atoms with Gasteiger partial charge in [0.25, 0.3) is 0 Å². The Kier molecular flexibility index (Phi) is 3.81. The molecule has 98 valence electrons. The van der Waals surface area contributed by atoms with Gasteiger partial charge in [-0.05, 0) is 25.8 Å². The number of hydrogen-bond donors (Lipinski definition) is 2. The Hall–Kier alpha value is -1.62. The van der Waals surface area contributed by atoms with E-state index in [1.54, 1.807) is 12.1 Å². The largest absolute Gasteiger partial charge is 0.338 e. The second kappa shape index (κ2) is 5.35. The van der Waals surface area contributed by atoms with Gasteiger partial charge in [0.2, 0.25) is 5.96 Å². The molecular weight excluding hydrogens is 231 g/mol. The molecule has 1 saturated carbocycles. The van der Waals surface area contributed by atoms with Crippen molar-refractivity contribution in [2.45, 2.75) is 31.8 Å². The third kappa shape index (κ3) is 2.79. The molecule has 0 spiro atoms. The van der Waals surface area contributed by atoms with E-state index >= 15 is 0 Å². The van der Waals surface area contributed by atoms with Gasteiger partial charge in [0.1, 0.15) is 5.82 Å². The van der Waals surface area contributed by atoms with Gasteiger partial charge in [-0.3, -0.25) is 5.43 Å². The molecular formula is C13H19FN4. The minimum Gasteiger partial charge on any atom is -0.338 e. The lowest BCUT2D eigenvalue weighted by Crippen LogP contribution is -2.44. The summed E-state index contributed by atoms with van der Waals surface area (Å²) in [6.07, 6.45) is 2.21. The number of hydrogen-bond acceptors (Lipinski definition) is 2. The Morgan fingerprint density at radius 1 is 1.50 bits per heavy atom. The SMILES string of the molecule is CC(c1ccccc1F)N(C)C(=NC1CC1)NN. The van der Waals surface area contributed by atoms with E-state index in [1.807, 2.05) is 24.9 Å². The Morgan fingerprint density at radius 3 is 2.72 bits per heavy atom. The lowest BCUT2D eigenvalue weighted by atomic mass is 10.1. The van der Waals surface area contributed by atoms with Crippen LogP contribution in [0.25, 0.3) is 0 Å². The third-order valence-electron chi connectivity index (χ3n) is 3.25. The van der Waals surface area contributed by atoms with Gasteiger partial charge in [-0.15, -0.1) is 0 Å². The quantitative estimate of drug-likeness (QED) is 0.372. The molecule has 1 atom stereocenters. The number of aliphatic imine (C=N–C) groups is 1. The molecule has 0 amide bonds. The van der Waals surface area contributed by atoms with Crippen LogP contribution in [-0.4, -0.2) is 23.9 Å². The van der Waals surface area contributed by atoms with Crippen LogP contribution in [0.2, 0.25) is 0 Å². The zero-order valence-corrected chi connectivity index (χ0v) is 10.7. The Morgan fingerprint density at radius 2 is 2.17 bits per heavy atom. The average molecular weight is 250 g/mol. The first-order chi connectivity index (χ1) is 8.63. The van der Waals surface area contributed by atoms with Gasteiger partial charge >= 0.3 is 0 Å². The molecule has 5 heteroatoms. The standard InChI is InChI=1S/C13H19FN4/c1-9(11-5-3-4-6-12(11)14)18(2)13(17-15)16-10-7-8-10/h3-6,9-10H,7-8,15H2,1-2H3,(H,16,17). The Labute approximate surface area is 107 Å². The molecule has 3 N–H and O–H groups in total. The summed E-state index contributed by atoms with van der Waals surface area (Å²) in [5, 5.41) is 0. The second-order valence-corrected chi connectivity index (χ2v) is 4.64. The van der Waals surface area contributed by atoms with Crippen LogP contribution in [0.1, 0.15) is 31.4 Å². The van der Waals surface area contributed by atoms with Crippen molar-refractivity contribution >= 4 is 5.96 Å². The Bertz CT molecular complexity index is 442. The number of nitrogens with two attached hydrogens (primary N) is 1. The first-order valence-electron chi connectivity index (χ1n) is 6.15. The summed E-state index contributed by atoms with van der Waals surface area (Å²) >= 11 is 0. The molecule has 2 rings (SSSR count). The van der Waals surface area contributed by atoms with Crippen molar-refractivity contribution < 1.29 is 4.39 Å². The van der Waals surface area contributed by atoms with Crippen LogP contribution in [0.15, 0.2) is 29.3 Å². The van der Waals surface area contributed by atoms with Crippen molar-refractivity contribution in [2.24, 2.45) is 10.8 Å². The van der Waals surface area contributed by atoms with Gasteiger partial charge in [0.15, 0.2) is 0 Å². The predicted octanol–water partition coefficient (Wildman–Crippen LogP) is 1.80. The van der Waals surface area contributed by atoms with Crippen molar-refractivity contribution in [3.8, 4) is 0 Å². The van der Waals surface area contributed by atoms with Crippen LogP contribution in [0.3, 0.4) is 0 Å². The van der Waals surface area contributed by atoms with Crippen LogP contribution in [0.4, 0.5) is 4.39 Å². The number of benzene rings is 1. The second-order valence-electron chi connectivity index (χ2n) is 4.64. The van der Waals surface area contributed by atoms with Gasteiger partial charge in [-0.2, -0.15) is 0 Å². The summed E-state index contributed by atoms with van der Waals surface area (Å²) in [6, 6.07) is 7.00. The van der Waals surface area contributed by atoms with E-state index in [9.17, 15) is 4.39 Å². The van der Waals surface area contributed by atoms with Gasteiger partial charge < -0.3 is 4.90 Å². The smallest absolute Gasteiger partial charge is 0.208 e. The molecule has 1 aromatic rings. The van der Waals surface area contributed by atoms with Crippen LogP contribution in [-0.2, 0) is 0 Å². The molecule has 18 heavy (non-hydrogen) atoms. The first kappa shape index (κ1) is 12.8. The van der Waals surface area contributed by atoms with Gasteiger partial charge in [0.05, 0.1) is 12.1 Å². The number of halogens is 1. The molecule has 0 aromatic heterocycles. The van der Waals surface area contributed by atoms with Crippen LogP contribution >= 0.6 is 0 Å². The normalized spacial score (nSPS) is 17.4. The van der Waals surface area contributed by atoms with Gasteiger partial charge in [-0.1, -0.05) is 18.2 Å². The lowest BCUT2D eigenvalue weighted by molar-refractivity contribution is 0.375. The zero-order chi connectivity index (χ0) is 13.1. The molecule has 0 aliphatic heterocycles. The molecule has 0 bridgehead atoms. The van der Waals surface area contributed by atoms with Crippen molar-refractivity contribution in [1.82, 2.24) is 10.3 Å². The van der Waals surface area contributed by atoms with E-state index in [-0.39, 0.29) is 11.9 Å². The highest BCUT2D eigenvalue weighted by atomic mass is 19.1. The molecule has 4 nitrogen and oxygen atoms in total. The summed E-state index contributed by atoms with van der Waals surface area (Å²) in [7, 11) is 1.86. The number of hydrazine groups is 1. The predicted molar refractivity (Wildman–Crippen MR) is 70.4 cm³/mol. The molecule has 0 radical (unpaired) electrons. The fourth-order valence-corrected chi connectivity index (χ4v) is 1.81. The van der Waals surface area contributed by atoms with Crippen molar-refractivity contribution in [2.75, 3.05) is 7.05 Å². The minimum absolute atomic E-state index is 0.125. The highest BCUT2D eigenvalue weighted by Gasteiger charge is 2.24. The highest BCUT2D eigenvalue weighted by Crippen LogP contribution is 2.26. The van der Waals surface area contributed by atoms with E-state index in [1.165, 1.54) is 6.07 Å². The van der Waals surface area contributed by atoms with E-state index in [2.05, 4.69) is 10.4 Å². The van der Waals surface area contributed by atoms with Crippen molar-refractivity contribution in [3.63, 3.8) is 0 Å². The molecule has 1 aromatic carbocycles. The molecule has 0 heterocycles. The minimum atomic E-state index is -0.209. The maximum atomic E-state index is 13.7. The van der Waals surface area contributed by atoms with Crippen molar-refractivity contribution in [1.29, 1.82) is 0 Å². The summed E-state index contributed by atoms with van der Waals surface area (Å²) in [6.45, 7) is 1.93. The average Bonchev–Trinajstić information content (AvgIpc) is 3.19. The van der Waals surface area contributed by atoms with Crippen LogP contribution in [0.5, 0.6) is 0 Å². The molecule has 1 unspecified atom stereocenters. The maximum absolute atomic E-state index is 13.7. The van der Waals surface area contributed by atoms with Gasteiger partial charge in [-0.25, -0.2) is 15.2 Å². The van der Waals surface area contributed by atoms with E-state index in [4.69, 9.17) is 5.84 Å². The molecule has 1 aliphatic carbocycles. The first-order valence-corrected chi connectivity index (χ1v) is 6.15.